The molecule has 0 unspecified atom stereocenters. The van der Waals surface area contributed by atoms with Crippen molar-refractivity contribution in [2.75, 3.05) is 13.7 Å². The Morgan fingerprint density at radius 2 is 1.77 bits per heavy atom. The summed E-state index contributed by atoms with van der Waals surface area (Å²) in [6, 6.07) is 8.17. The Bertz CT molecular complexity index is 432. The van der Waals surface area contributed by atoms with Crippen LogP contribution in [0.15, 0.2) is 29.3 Å². The minimum absolute atomic E-state index is 0.528. The van der Waals surface area contributed by atoms with E-state index in [1.807, 2.05) is 12.1 Å². The monoisotopic (exact) mass is 305 g/mol. The van der Waals surface area contributed by atoms with Gasteiger partial charge in [-0.1, -0.05) is 63.3 Å². The third-order valence-electron chi connectivity index (χ3n) is 3.67. The minimum atomic E-state index is 0.528. The van der Waals surface area contributed by atoms with Crippen molar-refractivity contribution < 1.29 is 4.74 Å². The van der Waals surface area contributed by atoms with Crippen LogP contribution in [0.3, 0.4) is 0 Å². The molecule has 0 aliphatic heterocycles. The van der Waals surface area contributed by atoms with Crippen molar-refractivity contribution in [3.05, 3.63) is 35.4 Å². The Kier molecular flexibility index (Phi) is 10.1. The van der Waals surface area contributed by atoms with E-state index in [0.29, 0.717) is 19.1 Å². The summed E-state index contributed by atoms with van der Waals surface area (Å²) >= 11 is 0. The van der Waals surface area contributed by atoms with Crippen molar-refractivity contribution in [3.8, 4) is 0 Å². The van der Waals surface area contributed by atoms with Gasteiger partial charge in [-0.15, -0.1) is 0 Å². The fourth-order valence-corrected chi connectivity index (χ4v) is 2.36. The van der Waals surface area contributed by atoms with Crippen molar-refractivity contribution in [2.24, 2.45) is 10.7 Å². The van der Waals surface area contributed by atoms with Crippen LogP contribution < -0.4 is 11.1 Å². The molecule has 4 heteroatoms. The van der Waals surface area contributed by atoms with Crippen molar-refractivity contribution >= 4 is 5.96 Å². The van der Waals surface area contributed by atoms with Gasteiger partial charge < -0.3 is 15.8 Å². The Morgan fingerprint density at radius 1 is 1.09 bits per heavy atom. The minimum Gasteiger partial charge on any atom is -0.380 e. The molecule has 0 fully saturated rings. The fraction of sp³-hybridized carbons (Fsp3) is 0.611. The second-order valence-corrected chi connectivity index (χ2v) is 5.60. The molecule has 4 nitrogen and oxygen atoms in total. The number of hydrogen-bond acceptors (Lipinski definition) is 2. The van der Waals surface area contributed by atoms with Crippen molar-refractivity contribution in [3.63, 3.8) is 0 Å². The number of nitrogens with one attached hydrogen (secondary N) is 1. The predicted octanol–water partition coefficient (Wildman–Crippen LogP) is 3.60. The van der Waals surface area contributed by atoms with Gasteiger partial charge in [0.05, 0.1) is 13.2 Å². The summed E-state index contributed by atoms with van der Waals surface area (Å²) in [6.07, 6.45) is 7.71. The highest BCUT2D eigenvalue weighted by Gasteiger charge is 2.00. The smallest absolute Gasteiger partial charge is 0.188 e. The SMILES string of the molecule is CCCCCCCCNC(N)=NCc1ccccc1COC. The van der Waals surface area contributed by atoms with Crippen LogP contribution >= 0.6 is 0 Å². The van der Waals surface area contributed by atoms with Gasteiger partial charge in [-0.25, -0.2) is 4.99 Å². The molecule has 0 bridgehead atoms. The molecule has 0 aromatic heterocycles. The normalized spacial score (nSPS) is 11.6. The van der Waals surface area contributed by atoms with E-state index in [0.717, 1.165) is 24.1 Å². The van der Waals surface area contributed by atoms with Gasteiger partial charge in [0.25, 0.3) is 0 Å². The summed E-state index contributed by atoms with van der Waals surface area (Å²) in [7, 11) is 1.70. The first kappa shape index (κ1) is 18.5. The van der Waals surface area contributed by atoms with E-state index in [9.17, 15) is 0 Å². The molecule has 1 aromatic rings. The lowest BCUT2D eigenvalue weighted by atomic mass is 10.1. The average molecular weight is 305 g/mol. The van der Waals surface area contributed by atoms with Gasteiger partial charge in [0.2, 0.25) is 0 Å². The highest BCUT2D eigenvalue weighted by molar-refractivity contribution is 5.77. The molecule has 0 heterocycles. The van der Waals surface area contributed by atoms with E-state index in [4.69, 9.17) is 10.5 Å². The molecule has 0 atom stereocenters. The first-order valence-corrected chi connectivity index (χ1v) is 8.37. The molecule has 1 aromatic carbocycles. The molecule has 0 amide bonds. The molecule has 0 aliphatic rings. The van der Waals surface area contributed by atoms with Gasteiger partial charge >= 0.3 is 0 Å². The molecular formula is C18H31N3O. The third-order valence-corrected chi connectivity index (χ3v) is 3.67. The Labute approximate surface area is 135 Å². The van der Waals surface area contributed by atoms with E-state index in [1.165, 1.54) is 32.1 Å². The number of unbranched alkanes of at least 4 members (excludes halogenated alkanes) is 5. The van der Waals surface area contributed by atoms with E-state index >= 15 is 0 Å². The summed E-state index contributed by atoms with van der Waals surface area (Å²) in [4.78, 5) is 4.41. The maximum Gasteiger partial charge on any atom is 0.188 e. The molecule has 0 saturated carbocycles. The summed E-state index contributed by atoms with van der Waals surface area (Å²) in [5.41, 5.74) is 8.24. The first-order valence-electron chi connectivity index (χ1n) is 8.37. The third kappa shape index (κ3) is 8.03. The summed E-state index contributed by atoms with van der Waals surface area (Å²) < 4.78 is 5.20. The van der Waals surface area contributed by atoms with Crippen LogP contribution in [0, 0.1) is 0 Å². The number of hydrogen-bond donors (Lipinski definition) is 2. The van der Waals surface area contributed by atoms with Crippen LogP contribution in [0.25, 0.3) is 0 Å². The number of benzene rings is 1. The first-order chi connectivity index (χ1) is 10.8. The number of methoxy groups -OCH3 is 1. The molecule has 3 N–H and O–H groups in total. The summed E-state index contributed by atoms with van der Waals surface area (Å²) in [5.74, 6) is 0.528. The molecule has 22 heavy (non-hydrogen) atoms. The van der Waals surface area contributed by atoms with Crippen LogP contribution in [0.1, 0.15) is 56.6 Å². The number of guanidine groups is 1. The standard InChI is InChI=1S/C18H31N3O/c1-3-4-5-6-7-10-13-20-18(19)21-14-16-11-8-9-12-17(16)15-22-2/h8-9,11-12H,3-7,10,13-15H2,1-2H3,(H3,19,20,21). The molecule has 1 rings (SSSR count). The van der Waals surface area contributed by atoms with Crippen molar-refractivity contribution in [1.82, 2.24) is 5.32 Å². The van der Waals surface area contributed by atoms with Crippen LogP contribution in [-0.4, -0.2) is 19.6 Å². The largest absolute Gasteiger partial charge is 0.380 e. The molecule has 0 aliphatic carbocycles. The maximum absolute atomic E-state index is 5.92. The maximum atomic E-state index is 5.92. The van der Waals surface area contributed by atoms with E-state index < -0.39 is 0 Å². The van der Waals surface area contributed by atoms with Gasteiger partial charge in [0.1, 0.15) is 0 Å². The molecule has 124 valence electrons. The van der Waals surface area contributed by atoms with Crippen LogP contribution in [0.2, 0.25) is 0 Å². The van der Waals surface area contributed by atoms with E-state index in [1.54, 1.807) is 7.11 Å². The van der Waals surface area contributed by atoms with Crippen LogP contribution in [0.4, 0.5) is 0 Å². The Hall–Kier alpha value is -1.55. The number of nitrogens with two attached hydrogens (primary N) is 1. The zero-order valence-electron chi connectivity index (χ0n) is 14.1. The summed E-state index contributed by atoms with van der Waals surface area (Å²) in [5, 5.41) is 3.19. The lowest BCUT2D eigenvalue weighted by Gasteiger charge is -2.08. The predicted molar refractivity (Wildman–Crippen MR) is 93.9 cm³/mol. The van der Waals surface area contributed by atoms with E-state index in [2.05, 4.69) is 29.4 Å². The van der Waals surface area contributed by atoms with Gasteiger partial charge in [0, 0.05) is 13.7 Å². The number of aliphatic imine (C=N–C) groups is 1. The molecule has 0 saturated heterocycles. The average Bonchev–Trinajstić information content (AvgIpc) is 2.53. The second kappa shape index (κ2) is 12.0. The van der Waals surface area contributed by atoms with Crippen LogP contribution in [-0.2, 0) is 17.9 Å². The second-order valence-electron chi connectivity index (χ2n) is 5.60. The Morgan fingerprint density at radius 3 is 2.50 bits per heavy atom. The fourth-order valence-electron chi connectivity index (χ4n) is 2.36. The number of nitrogens with zero attached hydrogens (tertiary/aromatic N) is 1. The quantitative estimate of drug-likeness (QED) is 0.373. The topological polar surface area (TPSA) is 59.6 Å². The van der Waals surface area contributed by atoms with Gasteiger partial charge in [0.15, 0.2) is 5.96 Å². The lowest BCUT2D eigenvalue weighted by molar-refractivity contribution is 0.184. The Balaban J connectivity index is 2.25. The van der Waals surface area contributed by atoms with Crippen LogP contribution in [0.5, 0.6) is 0 Å². The molecule has 0 spiro atoms. The molecular weight excluding hydrogens is 274 g/mol. The van der Waals surface area contributed by atoms with Crippen molar-refractivity contribution in [2.45, 2.75) is 58.6 Å². The van der Waals surface area contributed by atoms with E-state index in [-0.39, 0.29) is 0 Å². The highest BCUT2D eigenvalue weighted by Crippen LogP contribution is 2.11. The van der Waals surface area contributed by atoms with Gasteiger partial charge in [-0.3, -0.25) is 0 Å². The number of ether oxygens (including phenoxy) is 1. The van der Waals surface area contributed by atoms with Gasteiger partial charge in [-0.05, 0) is 17.5 Å². The summed E-state index contributed by atoms with van der Waals surface area (Å²) in [6.45, 7) is 4.34. The lowest BCUT2D eigenvalue weighted by Crippen LogP contribution is -2.32. The molecule has 0 radical (unpaired) electrons. The van der Waals surface area contributed by atoms with Gasteiger partial charge in [-0.2, -0.15) is 0 Å². The zero-order chi connectivity index (χ0) is 16.0. The zero-order valence-corrected chi connectivity index (χ0v) is 14.1. The number of rotatable bonds is 11. The van der Waals surface area contributed by atoms with Crippen molar-refractivity contribution in [1.29, 1.82) is 0 Å². The highest BCUT2D eigenvalue weighted by atomic mass is 16.5.